The highest BCUT2D eigenvalue weighted by atomic mass is 32.1. The van der Waals surface area contributed by atoms with Crippen molar-refractivity contribution in [3.05, 3.63) is 64.4 Å². The molecule has 0 unspecified atom stereocenters. The van der Waals surface area contributed by atoms with Gasteiger partial charge in [0, 0.05) is 11.1 Å². The maximum absolute atomic E-state index is 10.7. The minimum absolute atomic E-state index is 0.350. The van der Waals surface area contributed by atoms with Crippen molar-refractivity contribution in [1.29, 1.82) is 0 Å². The second-order valence-electron chi connectivity index (χ2n) is 5.44. The fraction of sp³-hybridized carbons (Fsp3) is 0.111. The highest BCUT2D eigenvalue weighted by Crippen LogP contribution is 2.21. The first-order valence-electron chi connectivity index (χ1n) is 7.77. The van der Waals surface area contributed by atoms with Crippen LogP contribution in [0.3, 0.4) is 0 Å². The van der Waals surface area contributed by atoms with Crippen molar-refractivity contribution in [3.8, 4) is 17.1 Å². The van der Waals surface area contributed by atoms with Gasteiger partial charge in [-0.05, 0) is 36.8 Å². The lowest BCUT2D eigenvalue weighted by Gasteiger charge is -2.07. The van der Waals surface area contributed by atoms with Gasteiger partial charge in [-0.2, -0.15) is 14.9 Å². The van der Waals surface area contributed by atoms with E-state index in [0.29, 0.717) is 21.9 Å². The molecule has 0 spiro atoms. The van der Waals surface area contributed by atoms with Crippen LogP contribution in [0.4, 0.5) is 0 Å². The van der Waals surface area contributed by atoms with Crippen molar-refractivity contribution >= 4 is 24.4 Å². The van der Waals surface area contributed by atoms with Gasteiger partial charge >= 0.3 is 5.97 Å². The minimum Gasteiger partial charge on any atom is -0.481 e. The Morgan fingerprint density at radius 2 is 2.04 bits per heavy atom. The van der Waals surface area contributed by atoms with Crippen molar-refractivity contribution in [1.82, 2.24) is 14.9 Å². The third-order valence-corrected chi connectivity index (χ3v) is 3.88. The summed E-state index contributed by atoms with van der Waals surface area (Å²) >= 11 is 5.27. The van der Waals surface area contributed by atoms with E-state index in [1.54, 1.807) is 24.4 Å². The number of nitrogens with zero attached hydrogens (tertiary/aromatic N) is 3. The van der Waals surface area contributed by atoms with Crippen molar-refractivity contribution in [3.63, 3.8) is 0 Å². The van der Waals surface area contributed by atoms with Crippen molar-refractivity contribution in [2.75, 3.05) is 6.61 Å². The summed E-state index contributed by atoms with van der Waals surface area (Å²) in [5.41, 5.74) is 2.59. The molecule has 1 heterocycles. The predicted molar refractivity (Wildman–Crippen MR) is 100 cm³/mol. The van der Waals surface area contributed by atoms with Gasteiger partial charge in [-0.25, -0.2) is 9.89 Å². The Bertz CT molecular complexity index is 1020. The number of aliphatic carboxylic acids is 1. The number of ether oxygens (including phenoxy) is 1. The first kappa shape index (κ1) is 17.6. The molecule has 0 saturated heterocycles. The quantitative estimate of drug-likeness (QED) is 0.515. The second-order valence-corrected chi connectivity index (χ2v) is 5.83. The summed E-state index contributed by atoms with van der Waals surface area (Å²) in [4.78, 5) is 10.7. The first-order valence-corrected chi connectivity index (χ1v) is 8.18. The average Bonchev–Trinajstić information content (AvgIpc) is 2.99. The van der Waals surface area contributed by atoms with Crippen LogP contribution < -0.4 is 4.74 Å². The summed E-state index contributed by atoms with van der Waals surface area (Å²) in [5.74, 6) is -0.0324. The number of para-hydroxylation sites is 1. The van der Waals surface area contributed by atoms with E-state index in [4.69, 9.17) is 22.1 Å². The molecule has 26 heavy (non-hydrogen) atoms. The Morgan fingerprint density at radius 3 is 2.81 bits per heavy atom. The number of rotatable bonds is 6. The fourth-order valence-electron chi connectivity index (χ4n) is 2.37. The molecule has 0 atom stereocenters. The van der Waals surface area contributed by atoms with Crippen LogP contribution in [0, 0.1) is 11.7 Å². The fourth-order valence-corrected chi connectivity index (χ4v) is 2.55. The van der Waals surface area contributed by atoms with Crippen LogP contribution in [0.15, 0.2) is 53.6 Å². The van der Waals surface area contributed by atoms with Gasteiger partial charge in [0.05, 0.1) is 6.21 Å². The zero-order chi connectivity index (χ0) is 18.5. The predicted octanol–water partition coefficient (Wildman–Crippen LogP) is 3.26. The molecule has 0 aliphatic rings. The molecule has 0 radical (unpaired) electrons. The number of aromatic amines is 1. The molecule has 2 aromatic carbocycles. The summed E-state index contributed by atoms with van der Waals surface area (Å²) in [6, 6.07) is 14.8. The number of aryl methyl sites for hydroxylation is 1. The lowest BCUT2D eigenvalue weighted by atomic mass is 10.1. The van der Waals surface area contributed by atoms with Crippen LogP contribution in [0.2, 0.25) is 0 Å². The topological polar surface area (TPSA) is 92.5 Å². The number of nitrogens with one attached hydrogen (secondary N) is 1. The molecule has 0 aliphatic carbocycles. The van der Waals surface area contributed by atoms with E-state index in [1.807, 2.05) is 37.3 Å². The molecule has 0 saturated carbocycles. The molecule has 0 amide bonds. The van der Waals surface area contributed by atoms with Gasteiger partial charge in [-0.1, -0.05) is 36.4 Å². The Balaban J connectivity index is 1.96. The highest BCUT2D eigenvalue weighted by molar-refractivity contribution is 7.71. The van der Waals surface area contributed by atoms with E-state index in [-0.39, 0.29) is 0 Å². The number of carboxylic acids is 1. The third-order valence-electron chi connectivity index (χ3n) is 3.62. The van der Waals surface area contributed by atoms with Gasteiger partial charge in [-0.15, -0.1) is 0 Å². The third kappa shape index (κ3) is 3.86. The Labute approximate surface area is 154 Å². The standard InChI is InChI=1S/C18H16N4O3S/c1-12-6-2-4-8-14(12)17-20-21-18(26)22(17)19-10-13-7-3-5-9-15(13)25-11-16(23)24/h2-10H,11H2,1H3,(H,21,26)(H,23,24). The van der Waals surface area contributed by atoms with Crippen LogP contribution in [-0.2, 0) is 4.79 Å². The molecule has 132 valence electrons. The van der Waals surface area contributed by atoms with Crippen molar-refractivity contribution in [2.24, 2.45) is 5.10 Å². The number of hydrogen-bond acceptors (Lipinski definition) is 5. The number of benzene rings is 2. The van der Waals surface area contributed by atoms with Gasteiger partial charge in [0.1, 0.15) is 5.75 Å². The molecule has 3 aromatic rings. The van der Waals surface area contributed by atoms with Gasteiger partial charge in [-0.3, -0.25) is 0 Å². The number of aromatic nitrogens is 3. The van der Waals surface area contributed by atoms with Crippen molar-refractivity contribution < 1.29 is 14.6 Å². The lowest BCUT2D eigenvalue weighted by Crippen LogP contribution is -2.10. The lowest BCUT2D eigenvalue weighted by molar-refractivity contribution is -0.139. The highest BCUT2D eigenvalue weighted by Gasteiger charge is 2.10. The Hall–Kier alpha value is -3.26. The monoisotopic (exact) mass is 368 g/mol. The van der Waals surface area contributed by atoms with E-state index >= 15 is 0 Å². The summed E-state index contributed by atoms with van der Waals surface area (Å²) in [5, 5.41) is 20.2. The van der Waals surface area contributed by atoms with E-state index in [0.717, 1.165) is 11.1 Å². The van der Waals surface area contributed by atoms with Gasteiger partial charge in [0.15, 0.2) is 12.4 Å². The molecule has 0 fully saturated rings. The largest absolute Gasteiger partial charge is 0.481 e. The first-order chi connectivity index (χ1) is 12.6. The second kappa shape index (κ2) is 7.75. The zero-order valence-corrected chi connectivity index (χ0v) is 14.7. The van der Waals surface area contributed by atoms with E-state index in [9.17, 15) is 4.79 Å². The average molecular weight is 368 g/mol. The molecule has 0 aliphatic heterocycles. The maximum atomic E-state index is 10.7. The zero-order valence-electron chi connectivity index (χ0n) is 13.9. The molecular formula is C18H16N4O3S. The number of carbonyl (C=O) groups is 1. The van der Waals surface area contributed by atoms with Gasteiger partial charge in [0.2, 0.25) is 4.77 Å². The smallest absolute Gasteiger partial charge is 0.341 e. The molecule has 1 aromatic heterocycles. The van der Waals surface area contributed by atoms with Crippen LogP contribution in [0.5, 0.6) is 5.75 Å². The van der Waals surface area contributed by atoms with Crippen molar-refractivity contribution in [2.45, 2.75) is 6.92 Å². The van der Waals surface area contributed by atoms with Gasteiger partial charge < -0.3 is 9.84 Å². The molecule has 2 N–H and O–H groups in total. The van der Waals surface area contributed by atoms with Crippen LogP contribution in [-0.4, -0.2) is 38.8 Å². The van der Waals surface area contributed by atoms with E-state index in [1.165, 1.54) is 4.68 Å². The summed E-state index contributed by atoms with van der Waals surface area (Å²) < 4.78 is 7.15. The van der Waals surface area contributed by atoms with Crippen LogP contribution >= 0.6 is 12.2 Å². The van der Waals surface area contributed by atoms with Crippen LogP contribution in [0.1, 0.15) is 11.1 Å². The number of hydrogen-bond donors (Lipinski definition) is 2. The molecular weight excluding hydrogens is 352 g/mol. The van der Waals surface area contributed by atoms with E-state index in [2.05, 4.69) is 15.3 Å². The van der Waals surface area contributed by atoms with Gasteiger partial charge in [0.25, 0.3) is 0 Å². The molecule has 0 bridgehead atoms. The minimum atomic E-state index is -1.05. The Morgan fingerprint density at radius 1 is 1.31 bits per heavy atom. The molecule has 8 heteroatoms. The van der Waals surface area contributed by atoms with E-state index < -0.39 is 12.6 Å². The Kier molecular flexibility index (Phi) is 5.23. The summed E-state index contributed by atoms with van der Waals surface area (Å²) in [6.07, 6.45) is 1.56. The molecule has 3 rings (SSSR count). The number of H-pyrrole nitrogens is 1. The summed E-state index contributed by atoms with van der Waals surface area (Å²) in [6.45, 7) is 1.56. The van der Waals surface area contributed by atoms with Crippen LogP contribution in [0.25, 0.3) is 11.4 Å². The summed E-state index contributed by atoms with van der Waals surface area (Å²) in [7, 11) is 0. The maximum Gasteiger partial charge on any atom is 0.341 e. The number of carboxylic acid groups (broad SMARTS) is 1. The SMILES string of the molecule is Cc1ccccc1-c1n[nH]c(=S)n1N=Cc1ccccc1OCC(=O)O. The normalized spacial score (nSPS) is 11.0. The molecule has 7 nitrogen and oxygen atoms in total.